The van der Waals surface area contributed by atoms with Gasteiger partial charge in [0.2, 0.25) is 5.82 Å². The number of nitro groups is 1. The number of likely N-dealkylation sites (N-methyl/N-ethyl adjacent to an activating group) is 1. The van der Waals surface area contributed by atoms with Crippen LogP contribution in [0.1, 0.15) is 5.69 Å². The Balaban J connectivity index is 1.87. The molecule has 1 aromatic rings. The molecule has 1 aromatic heterocycles. The Morgan fingerprint density at radius 1 is 1.35 bits per heavy atom. The third-order valence-electron chi connectivity index (χ3n) is 3.53. The molecule has 7 heteroatoms. The summed E-state index contributed by atoms with van der Waals surface area (Å²) in [6.45, 7) is 7.60. The molecule has 1 saturated heterocycles. The molecule has 0 atom stereocenters. The number of hydrogen-bond donors (Lipinski definition) is 1. The van der Waals surface area contributed by atoms with Crippen molar-refractivity contribution in [1.82, 2.24) is 14.8 Å². The number of piperazine rings is 1. The average molecular weight is 279 g/mol. The van der Waals surface area contributed by atoms with Crippen LogP contribution in [-0.4, -0.2) is 66.0 Å². The van der Waals surface area contributed by atoms with E-state index in [1.165, 1.54) is 6.07 Å². The molecule has 0 aliphatic carbocycles. The van der Waals surface area contributed by atoms with Crippen molar-refractivity contribution in [3.63, 3.8) is 0 Å². The van der Waals surface area contributed by atoms with E-state index in [9.17, 15) is 10.1 Å². The highest BCUT2D eigenvalue weighted by Crippen LogP contribution is 2.21. The second kappa shape index (κ2) is 6.62. The highest BCUT2D eigenvalue weighted by Gasteiger charge is 2.16. The Morgan fingerprint density at radius 3 is 2.70 bits per heavy atom. The zero-order chi connectivity index (χ0) is 14.5. The number of anilines is 1. The van der Waals surface area contributed by atoms with Crippen molar-refractivity contribution in [2.45, 2.75) is 6.92 Å². The smallest absolute Gasteiger partial charge is 0.311 e. The fraction of sp³-hybridized carbons (Fsp3) is 0.615. The monoisotopic (exact) mass is 279 g/mol. The van der Waals surface area contributed by atoms with Crippen LogP contribution >= 0.6 is 0 Å². The molecular formula is C13H21N5O2. The Labute approximate surface area is 118 Å². The zero-order valence-electron chi connectivity index (χ0n) is 12.0. The van der Waals surface area contributed by atoms with Gasteiger partial charge >= 0.3 is 5.69 Å². The van der Waals surface area contributed by atoms with Crippen LogP contribution in [0.3, 0.4) is 0 Å². The number of aromatic nitrogens is 1. The van der Waals surface area contributed by atoms with Crippen molar-refractivity contribution in [1.29, 1.82) is 0 Å². The second-order valence-corrected chi connectivity index (χ2v) is 5.15. The molecule has 7 nitrogen and oxygen atoms in total. The van der Waals surface area contributed by atoms with Gasteiger partial charge in [0.15, 0.2) is 0 Å². The van der Waals surface area contributed by atoms with E-state index in [1.807, 2.05) is 6.92 Å². The lowest BCUT2D eigenvalue weighted by molar-refractivity contribution is -0.384. The molecule has 0 amide bonds. The summed E-state index contributed by atoms with van der Waals surface area (Å²) >= 11 is 0. The minimum Gasteiger partial charge on any atom is -0.363 e. The molecule has 0 unspecified atom stereocenters. The van der Waals surface area contributed by atoms with Crippen molar-refractivity contribution in [2.75, 3.05) is 51.6 Å². The third-order valence-corrected chi connectivity index (χ3v) is 3.53. The number of nitrogens with zero attached hydrogens (tertiary/aromatic N) is 4. The van der Waals surface area contributed by atoms with E-state index in [0.29, 0.717) is 12.4 Å². The fourth-order valence-corrected chi connectivity index (χ4v) is 2.23. The SMILES string of the molecule is Cc1ccc([N+](=O)[O-])c(NCCN2CCN(C)CC2)n1. The molecule has 110 valence electrons. The first-order valence-electron chi connectivity index (χ1n) is 6.83. The predicted octanol–water partition coefficient (Wildman–Crippen LogP) is 0.958. The van der Waals surface area contributed by atoms with Gasteiger partial charge < -0.3 is 10.2 Å². The fourth-order valence-electron chi connectivity index (χ4n) is 2.23. The zero-order valence-corrected chi connectivity index (χ0v) is 12.0. The van der Waals surface area contributed by atoms with Crippen LogP contribution in [0.5, 0.6) is 0 Å². The normalized spacial score (nSPS) is 17.1. The standard InChI is InChI=1S/C13H21N5O2/c1-11-3-4-12(18(19)20)13(15-11)14-5-6-17-9-7-16(2)8-10-17/h3-4H,5-10H2,1-2H3,(H,14,15). The topological polar surface area (TPSA) is 74.5 Å². The number of aryl methyl sites for hydroxylation is 1. The molecule has 1 aliphatic heterocycles. The summed E-state index contributed by atoms with van der Waals surface area (Å²) < 4.78 is 0. The van der Waals surface area contributed by atoms with Gasteiger partial charge in [-0.15, -0.1) is 0 Å². The third kappa shape index (κ3) is 3.88. The van der Waals surface area contributed by atoms with Crippen LogP contribution in [0, 0.1) is 17.0 Å². The molecule has 0 spiro atoms. The van der Waals surface area contributed by atoms with Crippen LogP contribution < -0.4 is 5.32 Å². The lowest BCUT2D eigenvalue weighted by atomic mass is 10.3. The quantitative estimate of drug-likeness (QED) is 0.639. The van der Waals surface area contributed by atoms with Crippen molar-refractivity contribution in [3.8, 4) is 0 Å². The summed E-state index contributed by atoms with van der Waals surface area (Å²) in [4.78, 5) is 19.4. The summed E-state index contributed by atoms with van der Waals surface area (Å²) in [6, 6.07) is 3.16. The Morgan fingerprint density at radius 2 is 2.05 bits per heavy atom. The molecular weight excluding hydrogens is 258 g/mol. The highest BCUT2D eigenvalue weighted by atomic mass is 16.6. The molecule has 1 aliphatic rings. The van der Waals surface area contributed by atoms with Gasteiger partial charge in [-0.3, -0.25) is 15.0 Å². The first kappa shape index (κ1) is 14.7. The minimum absolute atomic E-state index is 0.0361. The van der Waals surface area contributed by atoms with E-state index in [1.54, 1.807) is 6.07 Å². The van der Waals surface area contributed by atoms with Gasteiger partial charge in [-0.05, 0) is 20.0 Å². The van der Waals surface area contributed by atoms with Crippen LogP contribution in [-0.2, 0) is 0 Å². The molecule has 20 heavy (non-hydrogen) atoms. The molecule has 0 saturated carbocycles. The van der Waals surface area contributed by atoms with Crippen LogP contribution in [0.4, 0.5) is 11.5 Å². The summed E-state index contributed by atoms with van der Waals surface area (Å²) in [7, 11) is 2.12. The molecule has 1 fully saturated rings. The minimum atomic E-state index is -0.398. The summed E-state index contributed by atoms with van der Waals surface area (Å²) in [5, 5.41) is 14.0. The lowest BCUT2D eigenvalue weighted by Crippen LogP contribution is -2.45. The van der Waals surface area contributed by atoms with E-state index < -0.39 is 4.92 Å². The van der Waals surface area contributed by atoms with E-state index in [2.05, 4.69) is 27.1 Å². The maximum atomic E-state index is 10.9. The first-order chi connectivity index (χ1) is 9.56. The maximum absolute atomic E-state index is 10.9. The summed E-state index contributed by atoms with van der Waals surface area (Å²) in [6.07, 6.45) is 0. The molecule has 1 N–H and O–H groups in total. The molecule has 0 bridgehead atoms. The van der Waals surface area contributed by atoms with Crippen molar-refractivity contribution < 1.29 is 4.92 Å². The van der Waals surface area contributed by atoms with E-state index in [-0.39, 0.29) is 5.69 Å². The summed E-state index contributed by atoms with van der Waals surface area (Å²) in [5.41, 5.74) is 0.812. The number of nitrogens with one attached hydrogen (secondary N) is 1. The molecule has 0 radical (unpaired) electrons. The van der Waals surface area contributed by atoms with Crippen LogP contribution in [0.2, 0.25) is 0 Å². The average Bonchev–Trinajstić information content (AvgIpc) is 2.41. The molecule has 2 heterocycles. The highest BCUT2D eigenvalue weighted by molar-refractivity contribution is 5.56. The number of rotatable bonds is 5. The van der Waals surface area contributed by atoms with Gasteiger partial charge in [0.25, 0.3) is 0 Å². The van der Waals surface area contributed by atoms with Gasteiger partial charge in [0.1, 0.15) is 0 Å². The van der Waals surface area contributed by atoms with Crippen LogP contribution in [0.25, 0.3) is 0 Å². The maximum Gasteiger partial charge on any atom is 0.311 e. The molecule has 2 rings (SSSR count). The van der Waals surface area contributed by atoms with Crippen LogP contribution in [0.15, 0.2) is 12.1 Å². The van der Waals surface area contributed by atoms with Gasteiger partial charge in [-0.25, -0.2) is 4.98 Å². The largest absolute Gasteiger partial charge is 0.363 e. The van der Waals surface area contributed by atoms with Crippen molar-refractivity contribution >= 4 is 11.5 Å². The predicted molar refractivity (Wildman–Crippen MR) is 78.1 cm³/mol. The first-order valence-corrected chi connectivity index (χ1v) is 6.83. The van der Waals surface area contributed by atoms with Crippen molar-refractivity contribution in [2.24, 2.45) is 0 Å². The van der Waals surface area contributed by atoms with Gasteiger partial charge in [-0.1, -0.05) is 0 Å². The van der Waals surface area contributed by atoms with E-state index in [0.717, 1.165) is 38.4 Å². The number of hydrogen-bond acceptors (Lipinski definition) is 6. The van der Waals surface area contributed by atoms with Gasteiger partial charge in [0, 0.05) is 51.0 Å². The van der Waals surface area contributed by atoms with E-state index >= 15 is 0 Å². The van der Waals surface area contributed by atoms with Gasteiger partial charge in [0.05, 0.1) is 4.92 Å². The van der Waals surface area contributed by atoms with E-state index in [4.69, 9.17) is 0 Å². The lowest BCUT2D eigenvalue weighted by Gasteiger charge is -2.32. The Kier molecular flexibility index (Phi) is 4.86. The molecule has 0 aromatic carbocycles. The van der Waals surface area contributed by atoms with Crippen molar-refractivity contribution in [3.05, 3.63) is 27.9 Å². The Hall–Kier alpha value is -1.73. The summed E-state index contributed by atoms with van der Waals surface area (Å²) in [5.74, 6) is 0.365. The second-order valence-electron chi connectivity index (χ2n) is 5.15. The Bertz CT molecular complexity index is 472. The van der Waals surface area contributed by atoms with Gasteiger partial charge in [-0.2, -0.15) is 0 Å². The number of pyridine rings is 1.